The number of rotatable bonds is 5. The Morgan fingerprint density at radius 1 is 1.58 bits per heavy atom. The Morgan fingerprint density at radius 2 is 2.37 bits per heavy atom. The molecular formula is C12H19N5O2. The van der Waals surface area contributed by atoms with E-state index in [9.17, 15) is 10.1 Å². The van der Waals surface area contributed by atoms with Crippen molar-refractivity contribution in [3.8, 4) is 0 Å². The topological polar surface area (TPSA) is 76.2 Å². The van der Waals surface area contributed by atoms with Gasteiger partial charge in [0.2, 0.25) is 12.1 Å². The first-order valence-corrected chi connectivity index (χ1v) is 6.82. The summed E-state index contributed by atoms with van der Waals surface area (Å²) in [6.45, 7) is 1.89. The first kappa shape index (κ1) is 12.4. The third kappa shape index (κ3) is 2.42. The summed E-state index contributed by atoms with van der Waals surface area (Å²) >= 11 is 0. The van der Waals surface area contributed by atoms with Crippen molar-refractivity contribution >= 4 is 11.6 Å². The molecule has 2 aliphatic rings. The standard InChI is InChI=1S/C12H19N5O2/c1-15-8-14-11(17(18)19)12(15)16(10-4-5-10)7-9-3-2-6-13-9/h8-10,13H,2-7H2,1H3. The number of nitro groups is 1. The van der Waals surface area contributed by atoms with Crippen LogP contribution < -0.4 is 10.2 Å². The molecule has 1 aliphatic carbocycles. The summed E-state index contributed by atoms with van der Waals surface area (Å²) in [5.41, 5.74) is 0. The summed E-state index contributed by atoms with van der Waals surface area (Å²) in [7, 11) is 1.83. The molecule has 1 saturated heterocycles. The minimum absolute atomic E-state index is 0.0209. The third-order valence-electron chi connectivity index (χ3n) is 3.90. The van der Waals surface area contributed by atoms with E-state index >= 15 is 0 Å². The molecular weight excluding hydrogens is 246 g/mol. The van der Waals surface area contributed by atoms with Gasteiger partial charge >= 0.3 is 5.82 Å². The number of aromatic nitrogens is 2. The van der Waals surface area contributed by atoms with E-state index < -0.39 is 0 Å². The Morgan fingerprint density at radius 3 is 2.95 bits per heavy atom. The van der Waals surface area contributed by atoms with E-state index in [1.54, 1.807) is 4.57 Å². The molecule has 0 radical (unpaired) electrons. The number of anilines is 1. The van der Waals surface area contributed by atoms with Crippen molar-refractivity contribution in [2.45, 2.75) is 37.8 Å². The lowest BCUT2D eigenvalue weighted by Gasteiger charge is -2.26. The van der Waals surface area contributed by atoms with Gasteiger partial charge in [0.05, 0.1) is 0 Å². The Kier molecular flexibility index (Phi) is 3.14. The Hall–Kier alpha value is -1.63. The van der Waals surface area contributed by atoms with Crippen LogP contribution in [-0.4, -0.2) is 39.6 Å². The highest BCUT2D eigenvalue weighted by Crippen LogP contribution is 2.36. The second-order valence-electron chi connectivity index (χ2n) is 5.44. The number of nitrogens with one attached hydrogen (secondary N) is 1. The normalized spacial score (nSPS) is 22.7. The zero-order chi connectivity index (χ0) is 13.4. The van der Waals surface area contributed by atoms with Crippen molar-refractivity contribution in [1.82, 2.24) is 14.9 Å². The fourth-order valence-electron chi connectivity index (χ4n) is 2.82. The van der Waals surface area contributed by atoms with Gasteiger partial charge in [-0.05, 0) is 42.1 Å². The molecule has 1 N–H and O–H groups in total. The molecule has 104 valence electrons. The second-order valence-corrected chi connectivity index (χ2v) is 5.44. The van der Waals surface area contributed by atoms with Gasteiger partial charge in [-0.1, -0.05) is 0 Å². The molecule has 2 fully saturated rings. The van der Waals surface area contributed by atoms with Crippen molar-refractivity contribution in [1.29, 1.82) is 0 Å². The summed E-state index contributed by atoms with van der Waals surface area (Å²) in [6, 6.07) is 0.881. The largest absolute Gasteiger partial charge is 0.406 e. The molecule has 0 aromatic carbocycles. The summed E-state index contributed by atoms with van der Waals surface area (Å²) in [4.78, 5) is 16.8. The minimum atomic E-state index is -0.382. The molecule has 1 aliphatic heterocycles. The van der Waals surface area contributed by atoms with E-state index in [2.05, 4.69) is 15.2 Å². The maximum atomic E-state index is 11.1. The van der Waals surface area contributed by atoms with Crippen LogP contribution >= 0.6 is 0 Å². The van der Waals surface area contributed by atoms with Gasteiger partial charge in [-0.25, -0.2) is 0 Å². The summed E-state index contributed by atoms with van der Waals surface area (Å²) in [5.74, 6) is 0.633. The molecule has 1 atom stereocenters. The molecule has 3 rings (SSSR count). The number of hydrogen-bond acceptors (Lipinski definition) is 5. The lowest BCUT2D eigenvalue weighted by Crippen LogP contribution is -2.40. The Balaban J connectivity index is 1.86. The average molecular weight is 265 g/mol. The molecule has 1 unspecified atom stereocenters. The van der Waals surface area contributed by atoms with Crippen LogP contribution in [0, 0.1) is 10.1 Å². The molecule has 7 heteroatoms. The van der Waals surface area contributed by atoms with Crippen LogP contribution in [0.25, 0.3) is 0 Å². The maximum absolute atomic E-state index is 11.1. The van der Waals surface area contributed by atoms with E-state index in [-0.39, 0.29) is 10.7 Å². The molecule has 1 saturated carbocycles. The van der Waals surface area contributed by atoms with Crippen LogP contribution in [0.4, 0.5) is 11.6 Å². The molecule has 1 aromatic rings. The number of hydrogen-bond donors (Lipinski definition) is 1. The fraction of sp³-hybridized carbons (Fsp3) is 0.750. The van der Waals surface area contributed by atoms with Gasteiger partial charge in [-0.15, -0.1) is 0 Å². The lowest BCUT2D eigenvalue weighted by atomic mass is 10.2. The third-order valence-corrected chi connectivity index (χ3v) is 3.90. The average Bonchev–Trinajstić information content (AvgIpc) is 2.94. The van der Waals surface area contributed by atoms with Gasteiger partial charge < -0.3 is 20.3 Å². The minimum Gasteiger partial charge on any atom is -0.358 e. The monoisotopic (exact) mass is 265 g/mol. The van der Waals surface area contributed by atoms with Crippen molar-refractivity contribution < 1.29 is 4.92 Å². The van der Waals surface area contributed by atoms with Crippen LogP contribution in [0.15, 0.2) is 6.33 Å². The summed E-state index contributed by atoms with van der Waals surface area (Å²) < 4.78 is 1.77. The van der Waals surface area contributed by atoms with Gasteiger partial charge in [0.25, 0.3) is 0 Å². The van der Waals surface area contributed by atoms with E-state index in [4.69, 9.17) is 0 Å². The molecule has 2 heterocycles. The molecule has 0 spiro atoms. The fourth-order valence-corrected chi connectivity index (χ4v) is 2.82. The van der Waals surface area contributed by atoms with Crippen LogP contribution in [-0.2, 0) is 7.05 Å². The van der Waals surface area contributed by atoms with E-state index in [1.165, 1.54) is 12.7 Å². The number of aryl methyl sites for hydroxylation is 1. The molecule has 0 amide bonds. The first-order chi connectivity index (χ1) is 9.16. The Bertz CT molecular complexity index is 476. The van der Waals surface area contributed by atoms with E-state index in [0.29, 0.717) is 17.9 Å². The van der Waals surface area contributed by atoms with Crippen LogP contribution in [0.3, 0.4) is 0 Å². The van der Waals surface area contributed by atoms with Crippen LogP contribution in [0.1, 0.15) is 25.7 Å². The summed E-state index contributed by atoms with van der Waals surface area (Å²) in [5, 5.41) is 14.6. The quantitative estimate of drug-likeness (QED) is 0.636. The maximum Gasteiger partial charge on any atom is 0.406 e. The van der Waals surface area contributed by atoms with Crippen LogP contribution in [0.5, 0.6) is 0 Å². The van der Waals surface area contributed by atoms with Crippen molar-refractivity contribution in [3.63, 3.8) is 0 Å². The molecule has 0 bridgehead atoms. The first-order valence-electron chi connectivity index (χ1n) is 6.82. The SMILES string of the molecule is Cn1cnc([N+](=O)[O-])c1N(CC1CCCN1)C1CC1. The zero-order valence-corrected chi connectivity index (χ0v) is 11.1. The highest BCUT2D eigenvalue weighted by molar-refractivity contribution is 5.56. The lowest BCUT2D eigenvalue weighted by molar-refractivity contribution is -0.388. The molecule has 19 heavy (non-hydrogen) atoms. The highest BCUT2D eigenvalue weighted by atomic mass is 16.6. The predicted molar refractivity (Wildman–Crippen MR) is 71.3 cm³/mol. The number of nitrogens with zero attached hydrogens (tertiary/aromatic N) is 4. The van der Waals surface area contributed by atoms with Crippen LogP contribution in [0.2, 0.25) is 0 Å². The number of imidazole rings is 1. The second kappa shape index (κ2) is 4.80. The van der Waals surface area contributed by atoms with Gasteiger partial charge in [0.1, 0.15) is 0 Å². The van der Waals surface area contributed by atoms with E-state index in [0.717, 1.165) is 32.4 Å². The van der Waals surface area contributed by atoms with Gasteiger partial charge in [0, 0.05) is 25.7 Å². The molecule has 7 nitrogen and oxygen atoms in total. The van der Waals surface area contributed by atoms with Crippen molar-refractivity contribution in [2.75, 3.05) is 18.0 Å². The smallest absolute Gasteiger partial charge is 0.358 e. The van der Waals surface area contributed by atoms with Crippen molar-refractivity contribution in [2.24, 2.45) is 7.05 Å². The van der Waals surface area contributed by atoms with Gasteiger partial charge in [-0.2, -0.15) is 0 Å². The van der Waals surface area contributed by atoms with Crippen molar-refractivity contribution in [3.05, 3.63) is 16.4 Å². The highest BCUT2D eigenvalue weighted by Gasteiger charge is 2.37. The van der Waals surface area contributed by atoms with Gasteiger partial charge in [-0.3, -0.25) is 4.57 Å². The summed E-state index contributed by atoms with van der Waals surface area (Å²) in [6.07, 6.45) is 6.11. The van der Waals surface area contributed by atoms with E-state index in [1.807, 2.05) is 7.05 Å². The van der Waals surface area contributed by atoms with Gasteiger partial charge in [0.15, 0.2) is 0 Å². The predicted octanol–water partition coefficient (Wildman–Crippen LogP) is 1.05. The molecule has 1 aromatic heterocycles. The Labute approximate surface area is 111 Å². The zero-order valence-electron chi connectivity index (χ0n) is 11.1.